The van der Waals surface area contributed by atoms with Gasteiger partial charge < -0.3 is 29.9 Å². The van der Waals surface area contributed by atoms with Gasteiger partial charge >= 0.3 is 0 Å². The van der Waals surface area contributed by atoms with Crippen LogP contribution in [0.25, 0.3) is 0 Å². The lowest BCUT2D eigenvalue weighted by molar-refractivity contribution is -0.144. The van der Waals surface area contributed by atoms with E-state index in [1.165, 1.54) is 4.90 Å². The van der Waals surface area contributed by atoms with E-state index in [2.05, 4.69) is 10.6 Å². The fraction of sp³-hybridized carbons (Fsp3) is 0.405. The van der Waals surface area contributed by atoms with E-state index in [9.17, 15) is 19.2 Å². The predicted molar refractivity (Wildman–Crippen MR) is 180 cm³/mol. The first kappa shape index (κ1) is 35.0. The molecule has 3 aromatic rings. The predicted octanol–water partition coefficient (Wildman–Crippen LogP) is 4.37. The molecule has 2 atom stereocenters. The fourth-order valence-corrected chi connectivity index (χ4v) is 5.54. The molecule has 2 N–H and O–H groups in total. The Morgan fingerprint density at radius 1 is 0.894 bits per heavy atom. The zero-order valence-corrected chi connectivity index (χ0v) is 27.6. The summed E-state index contributed by atoms with van der Waals surface area (Å²) in [7, 11) is 5.00. The number of nitrogens with zero attached hydrogens (tertiary/aromatic N) is 2. The standard InChI is InChI=1S/C37H46N4O6/c1-40-23-11-4-5-12-24-47-33-16-10-9-15-30(33)35(43)39-31(36(44)38-26-28-17-19-29(46-3)20-18-28)21-22-34(42)41(2)32(37(40)45)25-27-13-7-6-8-14-27/h6-10,13-20,31-32H,4-5,11-12,21-26H2,1-3H3,(H,38,44)(H,39,43)/t31-,32-/m0/s1. The summed E-state index contributed by atoms with van der Waals surface area (Å²) in [5.41, 5.74) is 2.11. The number of hydrogen-bond acceptors (Lipinski definition) is 6. The Morgan fingerprint density at radius 2 is 1.60 bits per heavy atom. The first-order valence-electron chi connectivity index (χ1n) is 16.2. The summed E-state index contributed by atoms with van der Waals surface area (Å²) in [6.07, 6.45) is 3.77. The van der Waals surface area contributed by atoms with E-state index in [1.54, 1.807) is 62.5 Å². The molecule has 1 aliphatic rings. The lowest BCUT2D eigenvalue weighted by atomic mass is 10.0. The molecule has 0 radical (unpaired) electrons. The van der Waals surface area contributed by atoms with Gasteiger partial charge in [-0.3, -0.25) is 19.2 Å². The summed E-state index contributed by atoms with van der Waals surface area (Å²) < 4.78 is 11.2. The third kappa shape index (κ3) is 10.3. The monoisotopic (exact) mass is 642 g/mol. The molecule has 1 aliphatic heterocycles. The van der Waals surface area contributed by atoms with E-state index >= 15 is 0 Å². The maximum Gasteiger partial charge on any atom is 0.255 e. The number of amides is 4. The molecule has 0 unspecified atom stereocenters. The summed E-state index contributed by atoms with van der Waals surface area (Å²) in [6.45, 7) is 1.23. The summed E-state index contributed by atoms with van der Waals surface area (Å²) >= 11 is 0. The molecule has 1 heterocycles. The van der Waals surface area contributed by atoms with Crippen molar-refractivity contribution >= 4 is 23.6 Å². The molecular formula is C37H46N4O6. The van der Waals surface area contributed by atoms with Crippen molar-refractivity contribution in [3.63, 3.8) is 0 Å². The number of nitrogens with one attached hydrogen (secondary N) is 2. The second-order valence-electron chi connectivity index (χ2n) is 11.9. The lowest BCUT2D eigenvalue weighted by Crippen LogP contribution is -2.50. The van der Waals surface area contributed by atoms with E-state index in [4.69, 9.17) is 9.47 Å². The van der Waals surface area contributed by atoms with E-state index in [-0.39, 0.29) is 31.2 Å². The van der Waals surface area contributed by atoms with Crippen molar-refractivity contribution in [2.75, 3.05) is 34.4 Å². The zero-order chi connectivity index (χ0) is 33.6. The Labute approximate surface area is 277 Å². The van der Waals surface area contributed by atoms with Crippen LogP contribution in [-0.4, -0.2) is 79.9 Å². The first-order valence-corrected chi connectivity index (χ1v) is 16.2. The van der Waals surface area contributed by atoms with Gasteiger partial charge in [0.2, 0.25) is 17.7 Å². The Kier molecular flexibility index (Phi) is 13.2. The van der Waals surface area contributed by atoms with Gasteiger partial charge in [-0.25, -0.2) is 0 Å². The number of hydrogen-bond donors (Lipinski definition) is 2. The third-order valence-electron chi connectivity index (χ3n) is 8.47. The molecule has 250 valence electrons. The molecule has 10 heteroatoms. The number of fused-ring (bicyclic) bond motifs is 1. The molecule has 0 spiro atoms. The Hall–Kier alpha value is -4.86. The molecule has 0 aromatic heterocycles. The maximum absolute atomic E-state index is 13.7. The van der Waals surface area contributed by atoms with Crippen LogP contribution in [0, 0.1) is 0 Å². The van der Waals surface area contributed by atoms with Gasteiger partial charge in [0.25, 0.3) is 5.91 Å². The molecule has 0 fully saturated rings. The summed E-state index contributed by atoms with van der Waals surface area (Å²) in [6, 6.07) is 22.1. The Balaban J connectivity index is 1.57. The van der Waals surface area contributed by atoms with Crippen molar-refractivity contribution in [2.45, 2.75) is 63.6 Å². The van der Waals surface area contributed by atoms with Gasteiger partial charge in [-0.1, -0.05) is 67.4 Å². The van der Waals surface area contributed by atoms with Gasteiger partial charge in [0, 0.05) is 40.0 Å². The van der Waals surface area contributed by atoms with Crippen LogP contribution in [0.3, 0.4) is 0 Å². The highest BCUT2D eigenvalue weighted by Gasteiger charge is 2.31. The van der Waals surface area contributed by atoms with Crippen molar-refractivity contribution < 1.29 is 28.7 Å². The van der Waals surface area contributed by atoms with Crippen LogP contribution in [0.4, 0.5) is 0 Å². The van der Waals surface area contributed by atoms with Crippen LogP contribution in [0.5, 0.6) is 11.5 Å². The molecule has 0 bridgehead atoms. The molecule has 0 saturated carbocycles. The lowest BCUT2D eigenvalue weighted by Gasteiger charge is -2.31. The molecule has 47 heavy (non-hydrogen) atoms. The van der Waals surface area contributed by atoms with Crippen LogP contribution in [-0.2, 0) is 27.3 Å². The number of benzene rings is 3. The fourth-order valence-electron chi connectivity index (χ4n) is 5.54. The number of carbonyl (C=O) groups excluding carboxylic acids is 4. The smallest absolute Gasteiger partial charge is 0.255 e. The Bertz CT molecular complexity index is 1480. The molecule has 4 amide bonds. The van der Waals surface area contributed by atoms with Crippen LogP contribution < -0.4 is 20.1 Å². The van der Waals surface area contributed by atoms with Crippen molar-refractivity contribution in [2.24, 2.45) is 0 Å². The van der Waals surface area contributed by atoms with Gasteiger partial charge in [-0.15, -0.1) is 0 Å². The minimum atomic E-state index is -1.01. The van der Waals surface area contributed by atoms with Crippen LogP contribution in [0.2, 0.25) is 0 Å². The molecule has 10 nitrogen and oxygen atoms in total. The van der Waals surface area contributed by atoms with Gasteiger partial charge in [0.1, 0.15) is 23.6 Å². The summed E-state index contributed by atoms with van der Waals surface area (Å²) in [5, 5.41) is 5.74. The minimum absolute atomic E-state index is 0.0362. The number of carbonyl (C=O) groups is 4. The minimum Gasteiger partial charge on any atom is -0.497 e. The van der Waals surface area contributed by atoms with Crippen molar-refractivity contribution in [1.29, 1.82) is 0 Å². The molecular weight excluding hydrogens is 596 g/mol. The van der Waals surface area contributed by atoms with E-state index in [1.807, 2.05) is 42.5 Å². The van der Waals surface area contributed by atoms with E-state index in [0.717, 1.165) is 36.8 Å². The number of likely N-dealkylation sites (N-methyl/N-ethyl adjacent to an activating group) is 2. The number of rotatable bonds is 6. The topological polar surface area (TPSA) is 117 Å². The van der Waals surface area contributed by atoms with Crippen molar-refractivity contribution in [3.05, 3.63) is 95.6 Å². The number of methoxy groups -OCH3 is 1. The average Bonchev–Trinajstić information content (AvgIpc) is 3.10. The third-order valence-corrected chi connectivity index (χ3v) is 8.47. The van der Waals surface area contributed by atoms with Gasteiger partial charge in [-0.05, 0) is 54.7 Å². The second-order valence-corrected chi connectivity index (χ2v) is 11.9. The second kappa shape index (κ2) is 17.7. The van der Waals surface area contributed by atoms with Crippen LogP contribution in [0.1, 0.15) is 60.0 Å². The van der Waals surface area contributed by atoms with Crippen LogP contribution in [0.15, 0.2) is 78.9 Å². The highest BCUT2D eigenvalue weighted by Crippen LogP contribution is 2.20. The Morgan fingerprint density at radius 3 is 2.34 bits per heavy atom. The molecule has 0 saturated heterocycles. The quantitative estimate of drug-likeness (QED) is 0.413. The highest BCUT2D eigenvalue weighted by molar-refractivity contribution is 5.99. The van der Waals surface area contributed by atoms with E-state index < -0.39 is 23.9 Å². The largest absolute Gasteiger partial charge is 0.497 e. The van der Waals surface area contributed by atoms with Gasteiger partial charge in [-0.2, -0.15) is 0 Å². The zero-order valence-electron chi connectivity index (χ0n) is 27.6. The normalized spacial score (nSPS) is 18.9. The van der Waals surface area contributed by atoms with E-state index in [0.29, 0.717) is 36.6 Å². The average molecular weight is 643 g/mol. The molecule has 0 aliphatic carbocycles. The summed E-state index contributed by atoms with van der Waals surface area (Å²) in [5.74, 6) is -0.191. The van der Waals surface area contributed by atoms with Crippen LogP contribution >= 0.6 is 0 Å². The summed E-state index contributed by atoms with van der Waals surface area (Å²) in [4.78, 5) is 57.7. The SMILES string of the molecule is COc1ccc(CNC(=O)[C@@H]2CCC(=O)N(C)[C@@H](Cc3ccccc3)C(=O)N(C)CCCCCCOc3ccccc3C(=O)N2)cc1. The van der Waals surface area contributed by atoms with Gasteiger partial charge in [0.05, 0.1) is 19.3 Å². The van der Waals surface area contributed by atoms with Gasteiger partial charge in [0.15, 0.2) is 0 Å². The number of para-hydroxylation sites is 1. The first-order chi connectivity index (χ1) is 22.8. The van der Waals surface area contributed by atoms with Crippen molar-refractivity contribution in [3.8, 4) is 11.5 Å². The number of ether oxygens (including phenoxy) is 2. The maximum atomic E-state index is 13.7. The molecule has 3 aromatic carbocycles. The highest BCUT2D eigenvalue weighted by atomic mass is 16.5. The van der Waals surface area contributed by atoms with Crippen molar-refractivity contribution in [1.82, 2.24) is 20.4 Å². The molecule has 4 rings (SSSR count).